The highest BCUT2D eigenvalue weighted by molar-refractivity contribution is 5.85. The van der Waals surface area contributed by atoms with Gasteiger partial charge in [0.15, 0.2) is 0 Å². The van der Waals surface area contributed by atoms with Crippen LogP contribution in [0.25, 0.3) is 0 Å². The summed E-state index contributed by atoms with van der Waals surface area (Å²) >= 11 is 0. The number of carbonyl (C=O) groups excluding carboxylic acids is 1. The zero-order chi connectivity index (χ0) is 12.8. The molecule has 94 valence electrons. The summed E-state index contributed by atoms with van der Waals surface area (Å²) in [5.41, 5.74) is 0. The van der Waals surface area contributed by atoms with Crippen LogP contribution < -0.4 is 5.32 Å². The topological polar surface area (TPSA) is 99.4 Å². The number of hydrogen-bond acceptors (Lipinski definition) is 4. The van der Waals surface area contributed by atoms with Crippen LogP contribution in [0.15, 0.2) is 0 Å². The van der Waals surface area contributed by atoms with Gasteiger partial charge in [0.25, 0.3) is 0 Å². The van der Waals surface area contributed by atoms with Crippen LogP contribution in [0.3, 0.4) is 0 Å². The van der Waals surface area contributed by atoms with Gasteiger partial charge in [0.2, 0.25) is 5.91 Å². The molecule has 0 bridgehead atoms. The van der Waals surface area contributed by atoms with Crippen LogP contribution in [-0.2, 0) is 14.3 Å². The van der Waals surface area contributed by atoms with Gasteiger partial charge < -0.3 is 15.2 Å². The van der Waals surface area contributed by atoms with Crippen molar-refractivity contribution in [2.75, 3.05) is 13.2 Å². The van der Waals surface area contributed by atoms with Crippen molar-refractivity contribution in [3.05, 3.63) is 0 Å². The normalized spacial score (nSPS) is 22.5. The third-order valence-electron chi connectivity index (χ3n) is 2.85. The Balaban J connectivity index is 2.57. The molecule has 2 N–H and O–H groups in total. The average molecular weight is 240 g/mol. The fourth-order valence-corrected chi connectivity index (χ4v) is 1.72. The molecule has 1 rings (SSSR count). The van der Waals surface area contributed by atoms with Crippen molar-refractivity contribution in [3.8, 4) is 6.07 Å². The molecule has 1 saturated heterocycles. The molecule has 6 nitrogen and oxygen atoms in total. The van der Waals surface area contributed by atoms with E-state index in [0.29, 0.717) is 19.6 Å². The van der Waals surface area contributed by atoms with E-state index in [-0.39, 0.29) is 18.2 Å². The lowest BCUT2D eigenvalue weighted by Crippen LogP contribution is -2.47. The molecule has 0 aromatic heterocycles. The van der Waals surface area contributed by atoms with Crippen molar-refractivity contribution in [2.45, 2.75) is 25.8 Å². The minimum atomic E-state index is -1.11. The molecule has 0 saturated carbocycles. The van der Waals surface area contributed by atoms with Crippen molar-refractivity contribution >= 4 is 11.9 Å². The maximum atomic E-state index is 11.7. The number of nitrogens with one attached hydrogen (secondary N) is 1. The Morgan fingerprint density at radius 3 is 2.82 bits per heavy atom. The number of aliphatic carboxylic acids is 1. The molecular weight excluding hydrogens is 224 g/mol. The van der Waals surface area contributed by atoms with E-state index in [1.807, 2.05) is 6.07 Å². The van der Waals surface area contributed by atoms with Crippen LogP contribution in [0.5, 0.6) is 0 Å². The number of rotatable bonds is 5. The molecule has 0 aromatic rings. The van der Waals surface area contributed by atoms with E-state index in [9.17, 15) is 9.59 Å². The first-order valence-corrected chi connectivity index (χ1v) is 5.54. The number of carboxylic acid groups (broad SMARTS) is 1. The number of ether oxygens (including phenoxy) is 1. The van der Waals surface area contributed by atoms with Gasteiger partial charge >= 0.3 is 5.97 Å². The quantitative estimate of drug-likeness (QED) is 0.712. The highest BCUT2D eigenvalue weighted by atomic mass is 16.5. The standard InChI is InChI=1S/C11H16N2O4/c1-7(2-4-12)9(11(15)16)13-10(14)8-3-5-17-6-8/h7-9H,2-3,5-6H2,1H3,(H,13,14)(H,15,16)/t7-,8+,9+/m0/s1. The molecule has 0 radical (unpaired) electrons. The van der Waals surface area contributed by atoms with Crippen LogP contribution in [0, 0.1) is 23.2 Å². The lowest BCUT2D eigenvalue weighted by atomic mass is 9.98. The second-order valence-corrected chi connectivity index (χ2v) is 4.22. The molecule has 1 amide bonds. The highest BCUT2D eigenvalue weighted by Gasteiger charge is 2.30. The van der Waals surface area contributed by atoms with Gasteiger partial charge in [0.05, 0.1) is 18.6 Å². The number of nitriles is 1. The first-order chi connectivity index (χ1) is 8.06. The summed E-state index contributed by atoms with van der Waals surface area (Å²) in [5, 5.41) is 20.0. The third kappa shape index (κ3) is 3.71. The lowest BCUT2D eigenvalue weighted by Gasteiger charge is -2.20. The molecule has 17 heavy (non-hydrogen) atoms. The van der Waals surface area contributed by atoms with E-state index < -0.39 is 17.9 Å². The molecule has 0 spiro atoms. The number of hydrogen-bond donors (Lipinski definition) is 2. The second kappa shape index (κ2) is 6.21. The molecule has 1 fully saturated rings. The summed E-state index contributed by atoms with van der Waals surface area (Å²) in [6.07, 6.45) is 0.712. The SMILES string of the molecule is C[C@@H](CC#N)[C@@H](NC(=O)[C@@H]1CCOC1)C(=O)O. The monoisotopic (exact) mass is 240 g/mol. The number of nitrogens with zero attached hydrogens (tertiary/aromatic N) is 1. The van der Waals surface area contributed by atoms with E-state index in [1.54, 1.807) is 6.92 Å². The van der Waals surface area contributed by atoms with Crippen molar-refractivity contribution in [3.63, 3.8) is 0 Å². The van der Waals surface area contributed by atoms with E-state index in [0.717, 1.165) is 0 Å². The molecule has 1 aliphatic rings. The predicted molar refractivity (Wildman–Crippen MR) is 57.9 cm³/mol. The highest BCUT2D eigenvalue weighted by Crippen LogP contribution is 2.14. The summed E-state index contributed by atoms with van der Waals surface area (Å²) in [6.45, 7) is 2.50. The van der Waals surface area contributed by atoms with Gasteiger partial charge in [0.1, 0.15) is 6.04 Å². The zero-order valence-electron chi connectivity index (χ0n) is 9.68. The first kappa shape index (κ1) is 13.5. The fourth-order valence-electron chi connectivity index (χ4n) is 1.72. The summed E-state index contributed by atoms with van der Waals surface area (Å²) < 4.78 is 5.07. The Labute approximate surface area is 99.6 Å². The molecule has 3 atom stereocenters. The number of amides is 1. The van der Waals surface area contributed by atoms with Crippen molar-refractivity contribution < 1.29 is 19.4 Å². The first-order valence-electron chi connectivity index (χ1n) is 5.54. The van der Waals surface area contributed by atoms with Gasteiger partial charge in [0, 0.05) is 18.9 Å². The van der Waals surface area contributed by atoms with Crippen LogP contribution in [0.4, 0.5) is 0 Å². The van der Waals surface area contributed by atoms with Gasteiger partial charge in [-0.1, -0.05) is 6.92 Å². The van der Waals surface area contributed by atoms with Crippen molar-refractivity contribution in [1.29, 1.82) is 5.26 Å². The van der Waals surface area contributed by atoms with Gasteiger partial charge in [-0.05, 0) is 6.42 Å². The van der Waals surface area contributed by atoms with Crippen LogP contribution in [0.1, 0.15) is 19.8 Å². The molecule has 1 heterocycles. The summed E-state index contributed by atoms with van der Waals surface area (Å²) in [7, 11) is 0. The molecule has 6 heteroatoms. The van der Waals surface area contributed by atoms with Gasteiger partial charge in [-0.15, -0.1) is 0 Å². The summed E-state index contributed by atoms with van der Waals surface area (Å²) in [4.78, 5) is 22.7. The Kier molecular flexibility index (Phi) is 4.91. The van der Waals surface area contributed by atoms with Crippen molar-refractivity contribution in [1.82, 2.24) is 5.32 Å². The van der Waals surface area contributed by atoms with Gasteiger partial charge in [-0.25, -0.2) is 4.79 Å². The summed E-state index contributed by atoms with van der Waals surface area (Å²) in [5.74, 6) is -2.10. The van der Waals surface area contributed by atoms with E-state index in [1.165, 1.54) is 0 Å². The maximum Gasteiger partial charge on any atom is 0.326 e. The third-order valence-corrected chi connectivity index (χ3v) is 2.85. The molecular formula is C11H16N2O4. The van der Waals surface area contributed by atoms with E-state index >= 15 is 0 Å². The maximum absolute atomic E-state index is 11.7. The minimum Gasteiger partial charge on any atom is -0.480 e. The predicted octanol–water partition coefficient (Wildman–Crippen LogP) is 0.142. The van der Waals surface area contributed by atoms with E-state index in [2.05, 4.69) is 5.32 Å². The van der Waals surface area contributed by atoms with Gasteiger partial charge in [-0.3, -0.25) is 4.79 Å². The van der Waals surface area contributed by atoms with Crippen LogP contribution in [0.2, 0.25) is 0 Å². The van der Waals surface area contributed by atoms with E-state index in [4.69, 9.17) is 15.1 Å². The Morgan fingerprint density at radius 1 is 1.65 bits per heavy atom. The molecule has 0 aliphatic carbocycles. The minimum absolute atomic E-state index is 0.0956. The second-order valence-electron chi connectivity index (χ2n) is 4.22. The Hall–Kier alpha value is -1.61. The fraction of sp³-hybridized carbons (Fsp3) is 0.727. The van der Waals surface area contributed by atoms with Crippen LogP contribution in [-0.4, -0.2) is 36.2 Å². The summed E-state index contributed by atoms with van der Waals surface area (Å²) in [6, 6.07) is 0.895. The molecule has 0 aromatic carbocycles. The Bertz CT molecular complexity index is 331. The average Bonchev–Trinajstić information content (AvgIpc) is 2.78. The van der Waals surface area contributed by atoms with Crippen LogP contribution >= 0.6 is 0 Å². The Morgan fingerprint density at radius 2 is 2.35 bits per heavy atom. The smallest absolute Gasteiger partial charge is 0.326 e. The van der Waals surface area contributed by atoms with Gasteiger partial charge in [-0.2, -0.15) is 5.26 Å². The number of carbonyl (C=O) groups is 2. The molecule has 1 aliphatic heterocycles. The lowest BCUT2D eigenvalue weighted by molar-refractivity contribution is -0.143. The molecule has 0 unspecified atom stereocenters. The largest absolute Gasteiger partial charge is 0.480 e. The number of carboxylic acids is 1. The van der Waals surface area contributed by atoms with Crippen molar-refractivity contribution in [2.24, 2.45) is 11.8 Å². The zero-order valence-corrected chi connectivity index (χ0v) is 9.68.